The number of rotatable bonds is 7. The summed E-state index contributed by atoms with van der Waals surface area (Å²) < 4.78 is 1.76. The fraction of sp³-hybridized carbons (Fsp3) is 0.0800. The Labute approximate surface area is 175 Å². The average Bonchev–Trinajstić information content (AvgIpc) is 3.25. The molecule has 0 saturated carbocycles. The van der Waals surface area contributed by atoms with E-state index in [0.29, 0.717) is 18.8 Å². The maximum absolute atomic E-state index is 13.0. The first-order valence-electron chi connectivity index (χ1n) is 9.80. The van der Waals surface area contributed by atoms with Crippen LogP contribution in [0.4, 0.5) is 5.69 Å². The first-order chi connectivity index (χ1) is 14.8. The van der Waals surface area contributed by atoms with Crippen molar-refractivity contribution in [3.05, 3.63) is 120 Å². The molecule has 1 heterocycles. The van der Waals surface area contributed by atoms with Crippen LogP contribution in [0, 0.1) is 0 Å². The van der Waals surface area contributed by atoms with Gasteiger partial charge in [0.05, 0.1) is 19.3 Å². The Morgan fingerprint density at radius 3 is 2.10 bits per heavy atom. The third-order valence-electron chi connectivity index (χ3n) is 4.66. The Kier molecular flexibility index (Phi) is 6.11. The topological polar surface area (TPSA) is 51.0 Å². The molecule has 5 nitrogen and oxygen atoms in total. The van der Waals surface area contributed by atoms with Crippen LogP contribution in [0.2, 0.25) is 0 Å². The average molecular weight is 394 g/mol. The van der Waals surface area contributed by atoms with Gasteiger partial charge >= 0.3 is 0 Å². The summed E-state index contributed by atoms with van der Waals surface area (Å²) in [7, 11) is 0. The summed E-state index contributed by atoms with van der Waals surface area (Å²) in [5.41, 5.74) is 3.71. The lowest BCUT2D eigenvalue weighted by atomic mass is 10.2. The number of hydrogen-bond donors (Lipinski definition) is 0. The quantitative estimate of drug-likeness (QED) is 0.431. The van der Waals surface area contributed by atoms with Crippen LogP contribution in [0.15, 0.2) is 103 Å². The molecular weight excluding hydrogens is 372 g/mol. The second-order valence-corrected chi connectivity index (χ2v) is 6.91. The molecule has 0 radical (unpaired) electrons. The fourth-order valence-corrected chi connectivity index (χ4v) is 3.15. The molecule has 1 aromatic heterocycles. The summed E-state index contributed by atoms with van der Waals surface area (Å²) in [6, 6.07) is 29.7. The van der Waals surface area contributed by atoms with Gasteiger partial charge in [-0.2, -0.15) is 0 Å². The van der Waals surface area contributed by atoms with E-state index in [4.69, 9.17) is 0 Å². The predicted octanol–water partition coefficient (Wildman–Crippen LogP) is 4.57. The van der Waals surface area contributed by atoms with Gasteiger partial charge in [0.25, 0.3) is 5.91 Å². The van der Waals surface area contributed by atoms with Crippen molar-refractivity contribution in [3.8, 4) is 0 Å². The highest BCUT2D eigenvalue weighted by atomic mass is 16.2. The van der Waals surface area contributed by atoms with E-state index in [1.807, 2.05) is 97.2 Å². The Morgan fingerprint density at radius 2 is 1.43 bits per heavy atom. The number of hydrogen-bond acceptors (Lipinski definition) is 3. The van der Waals surface area contributed by atoms with E-state index in [0.717, 1.165) is 16.8 Å². The number of carbonyl (C=O) groups is 1. The lowest BCUT2D eigenvalue weighted by molar-refractivity contribution is -0.114. The largest absolute Gasteiger partial charge is 0.304 e. The van der Waals surface area contributed by atoms with Crippen LogP contribution in [-0.2, 0) is 17.9 Å². The van der Waals surface area contributed by atoms with E-state index in [2.05, 4.69) is 10.3 Å². The van der Waals surface area contributed by atoms with Crippen LogP contribution >= 0.6 is 0 Å². The highest BCUT2D eigenvalue weighted by Gasteiger charge is 2.14. The van der Waals surface area contributed by atoms with E-state index in [9.17, 15) is 4.79 Å². The third-order valence-corrected chi connectivity index (χ3v) is 4.66. The van der Waals surface area contributed by atoms with E-state index >= 15 is 0 Å². The number of anilines is 1. The number of nitrogens with zero attached hydrogens (tertiary/aromatic N) is 4. The second-order valence-electron chi connectivity index (χ2n) is 6.91. The van der Waals surface area contributed by atoms with Gasteiger partial charge in [-0.15, -0.1) is 5.10 Å². The predicted molar refractivity (Wildman–Crippen MR) is 119 cm³/mol. The molecule has 0 spiro atoms. The third kappa shape index (κ3) is 5.08. The molecule has 148 valence electrons. The molecule has 0 atom stereocenters. The van der Waals surface area contributed by atoms with Gasteiger partial charge in [0, 0.05) is 11.8 Å². The maximum Gasteiger partial charge on any atom is 0.251 e. The first-order valence-corrected chi connectivity index (χ1v) is 9.80. The van der Waals surface area contributed by atoms with E-state index in [-0.39, 0.29) is 5.91 Å². The Hall–Kier alpha value is -3.99. The molecule has 5 heteroatoms. The second kappa shape index (κ2) is 9.47. The van der Waals surface area contributed by atoms with Crippen molar-refractivity contribution in [1.82, 2.24) is 15.0 Å². The smallest absolute Gasteiger partial charge is 0.251 e. The van der Waals surface area contributed by atoms with Crippen molar-refractivity contribution in [2.75, 3.05) is 4.90 Å². The molecule has 0 fully saturated rings. The van der Waals surface area contributed by atoms with Crippen LogP contribution in [0.5, 0.6) is 0 Å². The molecule has 0 aliphatic rings. The lowest BCUT2D eigenvalue weighted by Crippen LogP contribution is -2.28. The van der Waals surface area contributed by atoms with Crippen LogP contribution in [-0.4, -0.2) is 20.9 Å². The molecule has 1 amide bonds. The summed E-state index contributed by atoms with van der Waals surface area (Å²) in [4.78, 5) is 14.8. The number of para-hydroxylation sites is 1. The summed E-state index contributed by atoms with van der Waals surface area (Å²) in [5.74, 6) is -0.109. The van der Waals surface area contributed by atoms with Gasteiger partial charge in [0.15, 0.2) is 0 Å². The molecular formula is C25H22N4O. The monoisotopic (exact) mass is 394 g/mol. The van der Waals surface area contributed by atoms with E-state index in [1.165, 1.54) is 0 Å². The van der Waals surface area contributed by atoms with Crippen molar-refractivity contribution in [1.29, 1.82) is 0 Å². The Balaban J connectivity index is 1.49. The minimum Gasteiger partial charge on any atom is -0.304 e. The molecule has 0 N–H and O–H groups in total. The fourth-order valence-electron chi connectivity index (χ4n) is 3.15. The van der Waals surface area contributed by atoms with Crippen LogP contribution in [0.25, 0.3) is 6.08 Å². The summed E-state index contributed by atoms with van der Waals surface area (Å²) in [6.07, 6.45) is 5.09. The van der Waals surface area contributed by atoms with Crippen molar-refractivity contribution in [3.63, 3.8) is 0 Å². The standard InChI is InChI=1S/C25H22N4O/c30-25(17-16-23-20-28(27-26-23)18-21-10-4-1-5-11-21)29(24-14-8-3-9-15-24)19-22-12-6-2-7-13-22/h1-17,20H,18-19H2. The molecule has 4 rings (SSSR count). The zero-order chi connectivity index (χ0) is 20.6. The maximum atomic E-state index is 13.0. The van der Waals surface area contributed by atoms with Gasteiger partial charge in [0.1, 0.15) is 5.69 Å². The molecule has 0 aliphatic carbocycles. The van der Waals surface area contributed by atoms with Crippen molar-refractivity contribution >= 4 is 17.7 Å². The van der Waals surface area contributed by atoms with Gasteiger partial charge in [-0.1, -0.05) is 84.1 Å². The normalized spacial score (nSPS) is 10.9. The molecule has 30 heavy (non-hydrogen) atoms. The van der Waals surface area contributed by atoms with Crippen LogP contribution < -0.4 is 4.90 Å². The molecule has 4 aromatic rings. The Bertz CT molecular complexity index is 1110. The molecule has 0 saturated heterocycles. The zero-order valence-corrected chi connectivity index (χ0v) is 16.5. The molecule has 0 unspecified atom stereocenters. The van der Waals surface area contributed by atoms with Crippen molar-refractivity contribution in [2.24, 2.45) is 0 Å². The highest BCUT2D eigenvalue weighted by molar-refractivity contribution is 6.03. The molecule has 0 bridgehead atoms. The number of carbonyl (C=O) groups excluding carboxylic acids is 1. The van der Waals surface area contributed by atoms with Crippen molar-refractivity contribution in [2.45, 2.75) is 13.1 Å². The van der Waals surface area contributed by atoms with Crippen LogP contribution in [0.1, 0.15) is 16.8 Å². The summed E-state index contributed by atoms with van der Waals surface area (Å²) in [6.45, 7) is 1.13. The minimum atomic E-state index is -0.109. The van der Waals surface area contributed by atoms with Crippen LogP contribution in [0.3, 0.4) is 0 Å². The number of benzene rings is 3. The number of amides is 1. The van der Waals surface area contributed by atoms with Crippen molar-refractivity contribution < 1.29 is 4.79 Å². The van der Waals surface area contributed by atoms with Gasteiger partial charge in [-0.3, -0.25) is 4.79 Å². The van der Waals surface area contributed by atoms with E-state index in [1.54, 1.807) is 21.7 Å². The number of aromatic nitrogens is 3. The lowest BCUT2D eigenvalue weighted by Gasteiger charge is -2.21. The van der Waals surface area contributed by atoms with E-state index < -0.39 is 0 Å². The highest BCUT2D eigenvalue weighted by Crippen LogP contribution is 2.18. The summed E-state index contributed by atoms with van der Waals surface area (Å²) >= 11 is 0. The Morgan fingerprint density at radius 1 is 0.833 bits per heavy atom. The molecule has 0 aliphatic heterocycles. The molecule has 3 aromatic carbocycles. The first kappa shape index (κ1) is 19.3. The zero-order valence-electron chi connectivity index (χ0n) is 16.5. The van der Waals surface area contributed by atoms with Gasteiger partial charge in [-0.25, -0.2) is 4.68 Å². The van der Waals surface area contributed by atoms with Gasteiger partial charge in [-0.05, 0) is 29.3 Å². The minimum absolute atomic E-state index is 0.109. The summed E-state index contributed by atoms with van der Waals surface area (Å²) in [5, 5.41) is 8.31. The van der Waals surface area contributed by atoms with Gasteiger partial charge in [0.2, 0.25) is 0 Å². The van der Waals surface area contributed by atoms with Gasteiger partial charge < -0.3 is 4.90 Å². The SMILES string of the molecule is O=C(C=Cc1cn(Cc2ccccc2)nn1)N(Cc1ccccc1)c1ccccc1.